The molecule has 0 fully saturated rings. The smallest absolute Gasteiger partial charge is 0.356 e. The molecule has 7 nitrogen and oxygen atoms in total. The van der Waals surface area contributed by atoms with Gasteiger partial charge in [0.05, 0.1) is 37.5 Å². The first-order chi connectivity index (χ1) is 13.3. The Bertz CT molecular complexity index is 899. The normalized spacial score (nSPS) is 19.4. The number of ether oxygens (including phenoxy) is 2. The van der Waals surface area contributed by atoms with Gasteiger partial charge in [0.15, 0.2) is 0 Å². The number of hydrogen-bond acceptors (Lipinski definition) is 6. The van der Waals surface area contributed by atoms with Crippen LogP contribution in [-0.2, 0) is 9.57 Å². The fourth-order valence-electron chi connectivity index (χ4n) is 3.86. The number of hydrogen-bond donors (Lipinski definition) is 0. The van der Waals surface area contributed by atoms with E-state index in [-0.39, 0.29) is 23.5 Å². The van der Waals surface area contributed by atoms with Gasteiger partial charge in [0.1, 0.15) is 18.6 Å². The highest BCUT2D eigenvalue weighted by Crippen LogP contribution is 2.47. The van der Waals surface area contributed by atoms with Crippen LogP contribution in [0.3, 0.4) is 0 Å². The molecule has 0 N–H and O–H groups in total. The lowest BCUT2D eigenvalue weighted by atomic mass is 9.69. The molecular formula is C21H27N3O4. The maximum atomic E-state index is 12.6. The number of nitrogens with zero attached hydrogens (tertiary/aromatic N) is 3. The van der Waals surface area contributed by atoms with Gasteiger partial charge in [0.25, 0.3) is 0 Å². The largest absolute Gasteiger partial charge is 0.497 e. The van der Waals surface area contributed by atoms with Crippen LogP contribution in [0.2, 0.25) is 0 Å². The van der Waals surface area contributed by atoms with Gasteiger partial charge in [-0.2, -0.15) is 0 Å². The lowest BCUT2D eigenvalue weighted by molar-refractivity contribution is 0.0359. The Kier molecular flexibility index (Phi) is 5.45. The fraction of sp³-hybridized carbons (Fsp3) is 0.476. The van der Waals surface area contributed by atoms with Gasteiger partial charge >= 0.3 is 5.97 Å². The topological polar surface area (TPSA) is 74.9 Å². The van der Waals surface area contributed by atoms with E-state index in [9.17, 15) is 4.79 Å². The summed E-state index contributed by atoms with van der Waals surface area (Å²) in [6.07, 6.45) is 3.72. The van der Waals surface area contributed by atoms with E-state index in [0.717, 1.165) is 22.6 Å². The van der Waals surface area contributed by atoms with E-state index in [2.05, 4.69) is 24.0 Å². The molecule has 3 rings (SSSR count). The van der Waals surface area contributed by atoms with Crippen molar-refractivity contribution in [3.63, 3.8) is 0 Å². The molecule has 0 spiro atoms. The van der Waals surface area contributed by atoms with Gasteiger partial charge in [-0.05, 0) is 43.0 Å². The predicted octanol–water partition coefficient (Wildman–Crippen LogP) is 3.83. The summed E-state index contributed by atoms with van der Waals surface area (Å²) >= 11 is 0. The number of rotatable bonds is 5. The summed E-state index contributed by atoms with van der Waals surface area (Å²) in [5.74, 6) is 0.355. The Labute approximate surface area is 165 Å². The number of fused-ring (bicyclic) bond motifs is 1. The first kappa shape index (κ1) is 19.9. The van der Waals surface area contributed by atoms with Crippen LogP contribution in [-0.4, -0.2) is 41.6 Å². The molecule has 1 aromatic carbocycles. The molecule has 0 amide bonds. The van der Waals surface area contributed by atoms with E-state index >= 15 is 0 Å². The minimum atomic E-state index is -0.385. The molecule has 150 valence electrons. The maximum absolute atomic E-state index is 12.6. The van der Waals surface area contributed by atoms with E-state index in [1.807, 2.05) is 36.6 Å². The number of benzene rings is 1. The number of methoxy groups -OCH3 is 1. The highest BCUT2D eigenvalue weighted by atomic mass is 16.6. The molecule has 7 heteroatoms. The van der Waals surface area contributed by atoms with Crippen molar-refractivity contribution in [1.82, 2.24) is 9.55 Å². The SMILES string of the molecule is CON=C1CC(C)(C)C(n2cncc2C(=O)OC(C)C)c2cc(OC)ccc21. The first-order valence-electron chi connectivity index (χ1n) is 9.29. The molecule has 0 saturated carbocycles. The van der Waals surface area contributed by atoms with Crippen molar-refractivity contribution < 1.29 is 19.1 Å². The number of oxime groups is 1. The maximum Gasteiger partial charge on any atom is 0.356 e. The average Bonchev–Trinajstić information content (AvgIpc) is 3.09. The van der Waals surface area contributed by atoms with Crippen molar-refractivity contribution in [1.29, 1.82) is 0 Å². The molecular weight excluding hydrogens is 358 g/mol. The van der Waals surface area contributed by atoms with E-state index in [0.29, 0.717) is 12.1 Å². The van der Waals surface area contributed by atoms with Crippen LogP contribution in [0.4, 0.5) is 0 Å². The highest BCUT2D eigenvalue weighted by Gasteiger charge is 2.42. The number of carbonyl (C=O) groups excluding carboxylic acids is 1. The molecule has 1 atom stereocenters. The Balaban J connectivity index is 2.18. The second kappa shape index (κ2) is 7.66. The zero-order valence-electron chi connectivity index (χ0n) is 17.2. The summed E-state index contributed by atoms with van der Waals surface area (Å²) in [7, 11) is 3.18. The van der Waals surface area contributed by atoms with Crippen molar-refractivity contribution in [3.05, 3.63) is 47.5 Å². The number of aromatic nitrogens is 2. The second-order valence-corrected chi connectivity index (χ2v) is 7.88. The number of esters is 1. The summed E-state index contributed by atoms with van der Waals surface area (Å²) in [5, 5.41) is 4.25. The summed E-state index contributed by atoms with van der Waals surface area (Å²) < 4.78 is 12.8. The lowest BCUT2D eigenvalue weighted by Crippen LogP contribution is -2.37. The molecule has 0 radical (unpaired) electrons. The molecule has 2 aromatic rings. The third kappa shape index (κ3) is 3.61. The Morgan fingerprint density at radius 1 is 1.32 bits per heavy atom. The van der Waals surface area contributed by atoms with Crippen LogP contribution < -0.4 is 4.74 Å². The van der Waals surface area contributed by atoms with Crippen molar-refractivity contribution in [2.24, 2.45) is 10.6 Å². The lowest BCUT2D eigenvalue weighted by Gasteiger charge is -2.41. The predicted molar refractivity (Wildman–Crippen MR) is 106 cm³/mol. The zero-order valence-corrected chi connectivity index (χ0v) is 17.2. The second-order valence-electron chi connectivity index (χ2n) is 7.88. The van der Waals surface area contributed by atoms with Crippen molar-refractivity contribution in [2.75, 3.05) is 14.2 Å². The highest BCUT2D eigenvalue weighted by molar-refractivity contribution is 6.03. The van der Waals surface area contributed by atoms with Crippen LogP contribution in [0.1, 0.15) is 61.8 Å². The van der Waals surface area contributed by atoms with Gasteiger partial charge in [-0.15, -0.1) is 0 Å². The minimum Gasteiger partial charge on any atom is -0.497 e. The van der Waals surface area contributed by atoms with Crippen LogP contribution in [0.25, 0.3) is 0 Å². The average molecular weight is 385 g/mol. The molecule has 1 heterocycles. The van der Waals surface area contributed by atoms with Gasteiger partial charge in [0.2, 0.25) is 0 Å². The quantitative estimate of drug-likeness (QED) is 0.578. The van der Waals surface area contributed by atoms with Gasteiger partial charge in [0, 0.05) is 12.0 Å². The van der Waals surface area contributed by atoms with Gasteiger partial charge in [-0.25, -0.2) is 9.78 Å². The van der Waals surface area contributed by atoms with Gasteiger partial charge in [-0.1, -0.05) is 19.0 Å². The minimum absolute atomic E-state index is 0.148. The number of carbonyl (C=O) groups is 1. The van der Waals surface area contributed by atoms with Gasteiger partial charge < -0.3 is 18.9 Å². The van der Waals surface area contributed by atoms with E-state index in [4.69, 9.17) is 14.3 Å². The molecule has 0 saturated heterocycles. The van der Waals surface area contributed by atoms with E-state index in [1.54, 1.807) is 26.7 Å². The monoisotopic (exact) mass is 385 g/mol. The standard InChI is InChI=1S/C21H27N3O4/c1-13(2)28-20(25)18-11-22-12-24(18)19-16-9-14(26-5)7-8-15(16)17(23-27-6)10-21(19,3)4/h7-9,11-13,19H,10H2,1-6H3. The summed E-state index contributed by atoms with van der Waals surface area (Å²) in [6, 6.07) is 5.73. The zero-order chi connectivity index (χ0) is 20.5. The van der Waals surface area contributed by atoms with E-state index < -0.39 is 0 Å². The van der Waals surface area contributed by atoms with E-state index in [1.165, 1.54) is 0 Å². The summed E-state index contributed by atoms with van der Waals surface area (Å²) in [6.45, 7) is 7.94. The Hall–Kier alpha value is -2.83. The third-order valence-corrected chi connectivity index (χ3v) is 4.93. The summed E-state index contributed by atoms with van der Waals surface area (Å²) in [4.78, 5) is 22.0. The van der Waals surface area contributed by atoms with Crippen LogP contribution in [0.15, 0.2) is 35.9 Å². The first-order valence-corrected chi connectivity index (χ1v) is 9.29. The van der Waals surface area contributed by atoms with Crippen LogP contribution >= 0.6 is 0 Å². The number of imidazole rings is 1. The molecule has 1 unspecified atom stereocenters. The molecule has 28 heavy (non-hydrogen) atoms. The van der Waals surface area contributed by atoms with Crippen molar-refractivity contribution >= 4 is 11.7 Å². The van der Waals surface area contributed by atoms with Crippen LogP contribution in [0, 0.1) is 5.41 Å². The Morgan fingerprint density at radius 3 is 2.71 bits per heavy atom. The molecule has 1 aromatic heterocycles. The van der Waals surface area contributed by atoms with Gasteiger partial charge in [-0.3, -0.25) is 0 Å². The third-order valence-electron chi connectivity index (χ3n) is 4.93. The summed E-state index contributed by atoms with van der Waals surface area (Å²) in [5.41, 5.74) is 3.01. The van der Waals surface area contributed by atoms with Crippen molar-refractivity contribution in [2.45, 2.75) is 46.3 Å². The molecule has 0 aliphatic heterocycles. The van der Waals surface area contributed by atoms with Crippen molar-refractivity contribution in [3.8, 4) is 5.75 Å². The van der Waals surface area contributed by atoms with Crippen LogP contribution in [0.5, 0.6) is 5.75 Å². The molecule has 1 aliphatic rings. The fourth-order valence-corrected chi connectivity index (χ4v) is 3.86. The molecule has 0 bridgehead atoms. The molecule has 1 aliphatic carbocycles. The Morgan fingerprint density at radius 2 is 2.07 bits per heavy atom.